The summed E-state index contributed by atoms with van der Waals surface area (Å²) in [6, 6.07) is 0. The number of rotatable bonds is 2. The molecule has 4 rings (SSSR count). The molecule has 2 aliphatic carbocycles. The third-order valence-corrected chi connectivity index (χ3v) is 7.05. The summed E-state index contributed by atoms with van der Waals surface area (Å²) in [6.45, 7) is -0.541. The van der Waals surface area contributed by atoms with Crippen LogP contribution in [-0.2, 0) is 21.6 Å². The van der Waals surface area contributed by atoms with E-state index in [9.17, 15) is 18.0 Å². The van der Waals surface area contributed by atoms with Gasteiger partial charge in [0.15, 0.2) is 5.69 Å². The average molecular weight is 334 g/mol. The molecule has 1 aliphatic heterocycles. The lowest BCUT2D eigenvalue weighted by Gasteiger charge is -2.25. The molecule has 1 saturated carbocycles. The molecule has 3 aliphatic rings. The van der Waals surface area contributed by atoms with Crippen LogP contribution in [0.1, 0.15) is 29.3 Å². The van der Waals surface area contributed by atoms with Crippen molar-refractivity contribution < 1.29 is 23.1 Å². The zero-order valence-electron chi connectivity index (χ0n) is 10.4. The summed E-state index contributed by atoms with van der Waals surface area (Å²) in [6.07, 6.45) is -3.83. The second-order valence-corrected chi connectivity index (χ2v) is 7.85. The SMILES string of the molecule is O=C(O)Cn1nc(C(F)(F)F)c2c1C1(SC=CS1)C1CC21. The van der Waals surface area contributed by atoms with E-state index in [0.717, 1.165) is 11.1 Å². The molecule has 2 atom stereocenters. The van der Waals surface area contributed by atoms with E-state index < -0.39 is 28.5 Å². The van der Waals surface area contributed by atoms with Gasteiger partial charge in [0.1, 0.15) is 10.6 Å². The molecule has 9 heteroatoms. The van der Waals surface area contributed by atoms with Crippen LogP contribution >= 0.6 is 23.5 Å². The first kappa shape index (κ1) is 13.6. The fourth-order valence-electron chi connectivity index (χ4n) is 3.33. The number of aromatic nitrogens is 2. The molecule has 21 heavy (non-hydrogen) atoms. The molecule has 2 heterocycles. The number of nitrogens with zero attached hydrogens (tertiary/aromatic N) is 2. The summed E-state index contributed by atoms with van der Waals surface area (Å²) in [4.78, 5) is 11.0. The Hall–Kier alpha value is -1.09. The van der Waals surface area contributed by atoms with Gasteiger partial charge in [-0.15, -0.1) is 23.5 Å². The number of halogens is 3. The molecule has 2 unspecified atom stereocenters. The van der Waals surface area contributed by atoms with Crippen molar-refractivity contribution in [3.05, 3.63) is 27.8 Å². The standard InChI is InChI=1S/C12H9F3N2O2S2/c13-12(14,15)9-8-5-3-6(5)11(20-1-2-21-11)10(8)17(16-9)4-7(18)19/h1-2,5-6H,3-4H2,(H,18,19). The van der Waals surface area contributed by atoms with Gasteiger partial charge in [-0.25, -0.2) is 0 Å². The molecule has 112 valence electrons. The van der Waals surface area contributed by atoms with Gasteiger partial charge in [0, 0.05) is 5.56 Å². The minimum atomic E-state index is -4.55. The topological polar surface area (TPSA) is 55.1 Å². The number of aliphatic carboxylic acids is 1. The van der Waals surface area contributed by atoms with Crippen molar-refractivity contribution >= 4 is 29.5 Å². The highest BCUT2D eigenvalue weighted by Crippen LogP contribution is 2.76. The fourth-order valence-corrected chi connectivity index (χ4v) is 6.26. The summed E-state index contributed by atoms with van der Waals surface area (Å²) in [5.41, 5.74) is -0.243. The van der Waals surface area contributed by atoms with Crippen molar-refractivity contribution in [2.24, 2.45) is 5.92 Å². The summed E-state index contributed by atoms with van der Waals surface area (Å²) in [5, 5.41) is 16.3. The number of fused-ring (bicyclic) bond motifs is 5. The van der Waals surface area contributed by atoms with Gasteiger partial charge >= 0.3 is 12.1 Å². The first-order valence-electron chi connectivity index (χ1n) is 6.25. The normalized spacial score (nSPS) is 28.0. The second-order valence-electron chi connectivity index (χ2n) is 5.28. The minimum Gasteiger partial charge on any atom is -0.480 e. The number of carbonyl (C=O) groups is 1. The van der Waals surface area contributed by atoms with E-state index in [0.29, 0.717) is 5.69 Å². The molecule has 0 radical (unpaired) electrons. The molecule has 0 saturated heterocycles. The third kappa shape index (κ3) is 1.73. The molecule has 1 aromatic rings. The van der Waals surface area contributed by atoms with Gasteiger partial charge in [-0.1, -0.05) is 0 Å². The van der Waals surface area contributed by atoms with Crippen LogP contribution in [0.2, 0.25) is 0 Å². The predicted molar refractivity (Wildman–Crippen MR) is 71.7 cm³/mol. The smallest absolute Gasteiger partial charge is 0.435 e. The highest BCUT2D eigenvalue weighted by atomic mass is 32.2. The molecule has 1 aromatic heterocycles. The number of hydrogen-bond donors (Lipinski definition) is 1. The summed E-state index contributed by atoms with van der Waals surface area (Å²) in [5.74, 6) is -1.19. The third-order valence-electron chi connectivity index (χ3n) is 4.06. The first-order chi connectivity index (χ1) is 9.84. The molecule has 1 fully saturated rings. The Morgan fingerprint density at radius 2 is 2.14 bits per heavy atom. The van der Waals surface area contributed by atoms with Crippen LogP contribution in [0.5, 0.6) is 0 Å². The fraction of sp³-hybridized carbons (Fsp3) is 0.500. The monoisotopic (exact) mass is 334 g/mol. The maximum Gasteiger partial charge on any atom is 0.435 e. The van der Waals surface area contributed by atoms with Crippen LogP contribution in [0.15, 0.2) is 10.8 Å². The van der Waals surface area contributed by atoms with Gasteiger partial charge in [0.2, 0.25) is 0 Å². The highest BCUT2D eigenvalue weighted by molar-refractivity contribution is 8.23. The molecule has 4 nitrogen and oxygen atoms in total. The van der Waals surface area contributed by atoms with Crippen molar-refractivity contribution in [2.45, 2.75) is 29.1 Å². The summed E-state index contributed by atoms with van der Waals surface area (Å²) < 4.78 is 40.1. The van der Waals surface area contributed by atoms with Crippen molar-refractivity contribution in [1.29, 1.82) is 0 Å². The number of hydrogen-bond acceptors (Lipinski definition) is 4. The Kier molecular flexibility index (Phi) is 2.59. The van der Waals surface area contributed by atoms with E-state index in [1.807, 2.05) is 10.8 Å². The zero-order valence-corrected chi connectivity index (χ0v) is 12.1. The number of carboxylic acids is 1. The van der Waals surface area contributed by atoms with E-state index in [1.165, 1.54) is 23.5 Å². The van der Waals surface area contributed by atoms with Gasteiger partial charge in [-0.05, 0) is 29.1 Å². The van der Waals surface area contributed by atoms with Crippen molar-refractivity contribution in [1.82, 2.24) is 9.78 Å². The van der Waals surface area contributed by atoms with Crippen molar-refractivity contribution in [3.8, 4) is 0 Å². The average Bonchev–Trinajstić information content (AvgIpc) is 2.78. The largest absolute Gasteiger partial charge is 0.480 e. The molecular weight excluding hydrogens is 325 g/mol. The Labute approximate surface area is 125 Å². The Balaban J connectivity index is 1.92. The predicted octanol–water partition coefficient (Wildman–Crippen LogP) is 3.21. The van der Waals surface area contributed by atoms with Gasteiger partial charge in [0.05, 0.1) is 5.69 Å². The van der Waals surface area contributed by atoms with Gasteiger partial charge in [-0.3, -0.25) is 9.48 Å². The summed E-state index contributed by atoms with van der Waals surface area (Å²) in [7, 11) is 0. The molecule has 0 amide bonds. The van der Waals surface area contributed by atoms with E-state index in [2.05, 4.69) is 5.10 Å². The second kappa shape index (κ2) is 4.01. The maximum absolute atomic E-state index is 13.2. The Bertz CT molecular complexity index is 675. The van der Waals surface area contributed by atoms with Crippen LogP contribution < -0.4 is 0 Å². The zero-order chi connectivity index (χ0) is 15.0. The lowest BCUT2D eigenvalue weighted by molar-refractivity contribution is -0.143. The lowest BCUT2D eigenvalue weighted by atomic mass is 10.1. The van der Waals surface area contributed by atoms with Crippen LogP contribution in [-0.4, -0.2) is 20.9 Å². The van der Waals surface area contributed by atoms with Crippen molar-refractivity contribution in [2.75, 3.05) is 0 Å². The number of carboxylic acid groups (broad SMARTS) is 1. The van der Waals surface area contributed by atoms with E-state index >= 15 is 0 Å². The molecule has 0 aromatic carbocycles. The van der Waals surface area contributed by atoms with E-state index in [-0.39, 0.29) is 17.4 Å². The van der Waals surface area contributed by atoms with Crippen molar-refractivity contribution in [3.63, 3.8) is 0 Å². The molecule has 1 N–H and O–H groups in total. The lowest BCUT2D eigenvalue weighted by Crippen LogP contribution is -2.23. The quantitative estimate of drug-likeness (QED) is 0.900. The van der Waals surface area contributed by atoms with Crippen LogP contribution in [0.3, 0.4) is 0 Å². The van der Waals surface area contributed by atoms with Gasteiger partial charge < -0.3 is 5.11 Å². The number of alkyl halides is 3. The van der Waals surface area contributed by atoms with Crippen LogP contribution in [0.4, 0.5) is 13.2 Å². The van der Waals surface area contributed by atoms with Crippen LogP contribution in [0.25, 0.3) is 0 Å². The summed E-state index contributed by atoms with van der Waals surface area (Å²) >= 11 is 2.94. The maximum atomic E-state index is 13.2. The minimum absolute atomic E-state index is 0.136. The Morgan fingerprint density at radius 1 is 1.48 bits per heavy atom. The molecule has 1 spiro atoms. The van der Waals surface area contributed by atoms with E-state index in [4.69, 9.17) is 5.11 Å². The van der Waals surface area contributed by atoms with Gasteiger partial charge in [0.25, 0.3) is 0 Å². The van der Waals surface area contributed by atoms with E-state index in [1.54, 1.807) is 0 Å². The Morgan fingerprint density at radius 3 is 2.71 bits per heavy atom. The first-order valence-corrected chi connectivity index (χ1v) is 8.01. The molecule has 0 bridgehead atoms. The highest BCUT2D eigenvalue weighted by Gasteiger charge is 2.67. The molecular formula is C12H9F3N2O2S2. The van der Waals surface area contributed by atoms with Crippen LogP contribution in [0, 0.1) is 5.92 Å². The van der Waals surface area contributed by atoms with Gasteiger partial charge in [-0.2, -0.15) is 18.3 Å². The number of thioether (sulfide) groups is 2.